The number of halogens is 1. The highest BCUT2D eigenvalue weighted by Crippen LogP contribution is 2.17. The van der Waals surface area contributed by atoms with E-state index in [1.54, 1.807) is 4.90 Å². The van der Waals surface area contributed by atoms with E-state index >= 15 is 0 Å². The third-order valence-corrected chi connectivity index (χ3v) is 3.07. The summed E-state index contributed by atoms with van der Waals surface area (Å²) in [6.45, 7) is 0.884. The minimum absolute atomic E-state index is 0.123. The molecule has 1 aliphatic rings. The average Bonchev–Trinajstić information content (AvgIpc) is 2.61. The first-order valence-corrected chi connectivity index (χ1v) is 5.64. The molecular weight excluding hydrogens is 239 g/mol. The van der Waals surface area contributed by atoms with E-state index in [9.17, 15) is 19.4 Å². The van der Waals surface area contributed by atoms with Gasteiger partial charge in [-0.25, -0.2) is 4.39 Å². The van der Waals surface area contributed by atoms with Crippen LogP contribution in [0.3, 0.4) is 0 Å². The molecule has 1 aromatic rings. The molecule has 2 rings (SSSR count). The minimum Gasteiger partial charge on any atom is -0.389 e. The normalized spacial score (nSPS) is 24.4. The summed E-state index contributed by atoms with van der Waals surface area (Å²) >= 11 is 0. The summed E-state index contributed by atoms with van der Waals surface area (Å²) in [5, 5.41) is 18.8. The van der Waals surface area contributed by atoms with Crippen LogP contribution in [0.2, 0.25) is 0 Å². The number of aliphatic hydroxyl groups excluding tert-OH is 2. The Bertz CT molecular complexity index is 457. The van der Waals surface area contributed by atoms with E-state index < -0.39 is 23.9 Å². The Labute approximate surface area is 104 Å². The molecule has 6 heteroatoms. The summed E-state index contributed by atoms with van der Waals surface area (Å²) in [4.78, 5) is 12.6. The molecule has 5 nitrogen and oxygen atoms in total. The van der Waals surface area contributed by atoms with Gasteiger partial charge in [0.2, 0.25) is 5.91 Å². The summed E-state index contributed by atoms with van der Waals surface area (Å²) in [5.74, 6) is -1.19. The van der Waals surface area contributed by atoms with Crippen molar-refractivity contribution in [2.24, 2.45) is 5.73 Å². The SMILES string of the molecule is NC(=O)c1ccc(CN2C[C@@H](O)[C@@H](O)C2)c(F)c1. The van der Waals surface area contributed by atoms with Crippen LogP contribution in [0, 0.1) is 5.82 Å². The second-order valence-corrected chi connectivity index (χ2v) is 4.50. The van der Waals surface area contributed by atoms with E-state index in [2.05, 4.69) is 0 Å². The van der Waals surface area contributed by atoms with Gasteiger partial charge in [0.25, 0.3) is 0 Å². The van der Waals surface area contributed by atoms with Crippen molar-refractivity contribution < 1.29 is 19.4 Å². The third kappa shape index (κ3) is 2.66. The Balaban J connectivity index is 2.08. The standard InChI is InChI=1S/C12H15FN2O3/c13-9-3-7(12(14)18)1-2-8(9)4-15-5-10(16)11(17)6-15/h1-3,10-11,16-17H,4-6H2,(H2,14,18)/t10-,11+. The number of likely N-dealkylation sites (tertiary alicyclic amines) is 1. The highest BCUT2D eigenvalue weighted by molar-refractivity contribution is 5.92. The fourth-order valence-corrected chi connectivity index (χ4v) is 2.05. The number of nitrogens with two attached hydrogens (primary N) is 1. The van der Waals surface area contributed by atoms with Crippen LogP contribution in [0.1, 0.15) is 15.9 Å². The van der Waals surface area contributed by atoms with Gasteiger partial charge in [0, 0.05) is 30.8 Å². The van der Waals surface area contributed by atoms with E-state index in [4.69, 9.17) is 5.73 Å². The molecule has 18 heavy (non-hydrogen) atoms. The van der Waals surface area contributed by atoms with Crippen molar-refractivity contribution in [3.05, 3.63) is 35.1 Å². The zero-order chi connectivity index (χ0) is 13.3. The number of primary amides is 1. The smallest absolute Gasteiger partial charge is 0.248 e. The molecular formula is C12H15FN2O3. The van der Waals surface area contributed by atoms with Crippen molar-refractivity contribution in [3.8, 4) is 0 Å². The quantitative estimate of drug-likeness (QED) is 0.676. The molecule has 1 saturated heterocycles. The van der Waals surface area contributed by atoms with E-state index in [-0.39, 0.29) is 12.1 Å². The maximum Gasteiger partial charge on any atom is 0.248 e. The third-order valence-electron chi connectivity index (χ3n) is 3.07. The van der Waals surface area contributed by atoms with Gasteiger partial charge in [0.15, 0.2) is 0 Å². The molecule has 4 N–H and O–H groups in total. The van der Waals surface area contributed by atoms with Crippen molar-refractivity contribution in [1.29, 1.82) is 0 Å². The van der Waals surface area contributed by atoms with Gasteiger partial charge < -0.3 is 15.9 Å². The minimum atomic E-state index is -0.794. The van der Waals surface area contributed by atoms with Crippen molar-refractivity contribution >= 4 is 5.91 Å². The Hall–Kier alpha value is -1.50. The predicted molar refractivity (Wildman–Crippen MR) is 62.2 cm³/mol. The number of amides is 1. The number of rotatable bonds is 3. The van der Waals surface area contributed by atoms with Crippen LogP contribution in [-0.2, 0) is 6.54 Å². The van der Waals surface area contributed by atoms with Crippen molar-refractivity contribution in [2.75, 3.05) is 13.1 Å². The van der Waals surface area contributed by atoms with Gasteiger partial charge in [0.1, 0.15) is 5.82 Å². The van der Waals surface area contributed by atoms with Gasteiger partial charge in [-0.15, -0.1) is 0 Å². The molecule has 1 fully saturated rings. The molecule has 2 atom stereocenters. The Morgan fingerprint density at radius 2 is 2.00 bits per heavy atom. The fraction of sp³-hybridized carbons (Fsp3) is 0.417. The predicted octanol–water partition coefficient (Wildman–Crippen LogP) is -0.538. The first-order valence-electron chi connectivity index (χ1n) is 5.64. The molecule has 0 aromatic heterocycles. The number of carbonyl (C=O) groups excluding carboxylic acids is 1. The molecule has 1 heterocycles. The molecule has 1 aliphatic heterocycles. The molecule has 1 aromatic carbocycles. The molecule has 0 radical (unpaired) electrons. The van der Waals surface area contributed by atoms with Crippen LogP contribution >= 0.6 is 0 Å². The van der Waals surface area contributed by atoms with E-state index in [0.29, 0.717) is 18.7 Å². The van der Waals surface area contributed by atoms with Crippen LogP contribution in [0.5, 0.6) is 0 Å². The molecule has 0 unspecified atom stereocenters. The first kappa shape index (κ1) is 12.9. The molecule has 1 amide bonds. The zero-order valence-electron chi connectivity index (χ0n) is 9.71. The Morgan fingerprint density at radius 3 is 2.50 bits per heavy atom. The first-order chi connectivity index (χ1) is 8.47. The largest absolute Gasteiger partial charge is 0.389 e. The van der Waals surface area contributed by atoms with Crippen molar-refractivity contribution in [3.63, 3.8) is 0 Å². The fourth-order valence-electron chi connectivity index (χ4n) is 2.05. The molecule has 98 valence electrons. The van der Waals surface area contributed by atoms with Gasteiger partial charge in [-0.1, -0.05) is 6.07 Å². The van der Waals surface area contributed by atoms with Crippen molar-refractivity contribution in [2.45, 2.75) is 18.8 Å². The van der Waals surface area contributed by atoms with Crippen molar-refractivity contribution in [1.82, 2.24) is 4.90 Å². The number of nitrogens with zero attached hydrogens (tertiary/aromatic N) is 1. The molecule has 0 bridgehead atoms. The van der Waals surface area contributed by atoms with E-state index in [1.807, 2.05) is 0 Å². The average molecular weight is 254 g/mol. The number of β-amino-alcohol motifs (C(OH)–C–C–N with tert-alkyl or cyclic N) is 2. The number of benzene rings is 1. The number of hydrogen-bond acceptors (Lipinski definition) is 4. The summed E-state index contributed by atoms with van der Waals surface area (Å²) in [6.07, 6.45) is -1.59. The van der Waals surface area contributed by atoms with Gasteiger partial charge >= 0.3 is 0 Å². The Kier molecular flexibility index (Phi) is 3.60. The maximum atomic E-state index is 13.7. The van der Waals surface area contributed by atoms with Crippen LogP contribution in [0.15, 0.2) is 18.2 Å². The second kappa shape index (κ2) is 5.01. The molecule has 0 aliphatic carbocycles. The maximum absolute atomic E-state index is 13.7. The lowest BCUT2D eigenvalue weighted by Crippen LogP contribution is -2.22. The highest BCUT2D eigenvalue weighted by Gasteiger charge is 2.29. The lowest BCUT2D eigenvalue weighted by molar-refractivity contribution is 0.0572. The monoisotopic (exact) mass is 254 g/mol. The van der Waals surface area contributed by atoms with Crippen LogP contribution in [0.4, 0.5) is 4.39 Å². The van der Waals surface area contributed by atoms with Gasteiger partial charge in [0.05, 0.1) is 12.2 Å². The van der Waals surface area contributed by atoms with Crippen LogP contribution in [0.25, 0.3) is 0 Å². The van der Waals surface area contributed by atoms with Gasteiger partial charge in [-0.2, -0.15) is 0 Å². The highest BCUT2D eigenvalue weighted by atomic mass is 19.1. The summed E-state index contributed by atoms with van der Waals surface area (Å²) in [5.41, 5.74) is 5.58. The number of carbonyl (C=O) groups is 1. The molecule has 0 spiro atoms. The summed E-state index contributed by atoms with van der Waals surface area (Å²) < 4.78 is 13.7. The lowest BCUT2D eigenvalue weighted by Gasteiger charge is -2.15. The van der Waals surface area contributed by atoms with Gasteiger partial charge in [-0.05, 0) is 12.1 Å². The second-order valence-electron chi connectivity index (χ2n) is 4.50. The van der Waals surface area contributed by atoms with Crippen LogP contribution in [-0.4, -0.2) is 46.3 Å². The lowest BCUT2D eigenvalue weighted by atomic mass is 10.1. The van der Waals surface area contributed by atoms with Crippen LogP contribution < -0.4 is 5.73 Å². The van der Waals surface area contributed by atoms with E-state index in [0.717, 1.165) is 6.07 Å². The number of hydrogen-bond donors (Lipinski definition) is 3. The summed E-state index contributed by atoms with van der Waals surface area (Å²) in [7, 11) is 0. The zero-order valence-corrected chi connectivity index (χ0v) is 9.71. The topological polar surface area (TPSA) is 86.8 Å². The summed E-state index contributed by atoms with van der Waals surface area (Å²) in [6, 6.07) is 4.05. The number of aliphatic hydroxyl groups is 2. The van der Waals surface area contributed by atoms with Gasteiger partial charge in [-0.3, -0.25) is 9.69 Å². The Morgan fingerprint density at radius 1 is 1.39 bits per heavy atom. The van der Waals surface area contributed by atoms with E-state index in [1.165, 1.54) is 12.1 Å². The molecule has 0 saturated carbocycles.